The van der Waals surface area contributed by atoms with Crippen LogP contribution in [0.5, 0.6) is 0 Å². The molecule has 1 aliphatic rings. The average Bonchev–Trinajstić information content (AvgIpc) is 2.85. The van der Waals surface area contributed by atoms with Crippen LogP contribution in [0.25, 0.3) is 0 Å². The van der Waals surface area contributed by atoms with E-state index in [1.807, 2.05) is 0 Å². The molecule has 1 aromatic rings. The van der Waals surface area contributed by atoms with Crippen molar-refractivity contribution in [1.82, 2.24) is 4.31 Å². The van der Waals surface area contributed by atoms with Crippen molar-refractivity contribution in [2.75, 3.05) is 13.6 Å². The first kappa shape index (κ1) is 14.0. The summed E-state index contributed by atoms with van der Waals surface area (Å²) in [6.07, 6.45) is 1.08. The number of aliphatic hydroxyl groups is 1. The molecule has 0 bridgehead atoms. The molecule has 0 saturated heterocycles. The Morgan fingerprint density at radius 1 is 1.61 bits per heavy atom. The first-order valence-electron chi connectivity index (χ1n) is 5.71. The molecule has 102 valence electrons. The Morgan fingerprint density at radius 3 is 2.67 bits per heavy atom. The first-order valence-corrected chi connectivity index (χ1v) is 7.95. The fourth-order valence-corrected chi connectivity index (χ4v) is 4.09. The van der Waals surface area contributed by atoms with Crippen LogP contribution in [-0.2, 0) is 16.6 Å². The molecule has 1 N–H and O–H groups in total. The van der Waals surface area contributed by atoms with E-state index in [9.17, 15) is 8.42 Å². The molecule has 2 unspecified atom stereocenters. The molecular weight excluding hydrogens is 322 g/mol. The lowest BCUT2D eigenvalue weighted by molar-refractivity contribution is 0.245. The third kappa shape index (κ3) is 2.64. The van der Waals surface area contributed by atoms with Gasteiger partial charge in [0, 0.05) is 19.7 Å². The van der Waals surface area contributed by atoms with E-state index < -0.39 is 10.0 Å². The van der Waals surface area contributed by atoms with Gasteiger partial charge in [0.25, 0.3) is 0 Å². The Kier molecular flexibility index (Phi) is 3.87. The van der Waals surface area contributed by atoms with E-state index in [0.29, 0.717) is 18.4 Å². The van der Waals surface area contributed by atoms with Crippen LogP contribution in [0.1, 0.15) is 19.1 Å². The van der Waals surface area contributed by atoms with Gasteiger partial charge in [-0.3, -0.25) is 0 Å². The average molecular weight is 338 g/mol. The molecule has 7 heteroatoms. The largest absolute Gasteiger partial charge is 0.450 e. The molecule has 0 radical (unpaired) electrons. The normalized spacial score (nSPS) is 23.6. The maximum atomic E-state index is 12.3. The second-order valence-corrected chi connectivity index (χ2v) is 7.50. The highest BCUT2D eigenvalue weighted by Crippen LogP contribution is 2.39. The van der Waals surface area contributed by atoms with Crippen LogP contribution in [0, 0.1) is 11.8 Å². The first-order chi connectivity index (χ1) is 8.36. The highest BCUT2D eigenvalue weighted by molar-refractivity contribution is 9.10. The molecule has 2 atom stereocenters. The SMILES string of the molecule is CC1CC1CN(C)S(=O)(=O)c1cc(CO)oc1Br. The summed E-state index contributed by atoms with van der Waals surface area (Å²) in [7, 11) is -1.99. The molecule has 0 spiro atoms. The minimum Gasteiger partial charge on any atom is -0.450 e. The molecule has 5 nitrogen and oxygen atoms in total. The second-order valence-electron chi connectivity index (χ2n) is 4.77. The van der Waals surface area contributed by atoms with Gasteiger partial charge in [-0.15, -0.1) is 0 Å². The van der Waals surface area contributed by atoms with Crippen LogP contribution in [0.15, 0.2) is 20.0 Å². The minimum atomic E-state index is -3.56. The number of sulfonamides is 1. The molecule has 0 amide bonds. The number of hydrogen-bond acceptors (Lipinski definition) is 4. The van der Waals surface area contributed by atoms with E-state index >= 15 is 0 Å². The third-order valence-corrected chi connectivity index (χ3v) is 6.00. The van der Waals surface area contributed by atoms with Crippen LogP contribution in [0.2, 0.25) is 0 Å². The second kappa shape index (κ2) is 4.96. The van der Waals surface area contributed by atoms with Crippen molar-refractivity contribution in [3.8, 4) is 0 Å². The minimum absolute atomic E-state index is 0.0716. The van der Waals surface area contributed by atoms with Crippen molar-refractivity contribution in [1.29, 1.82) is 0 Å². The molecule has 0 aliphatic heterocycles. The van der Waals surface area contributed by atoms with Gasteiger partial charge in [-0.05, 0) is 34.2 Å². The van der Waals surface area contributed by atoms with Crippen molar-refractivity contribution in [2.24, 2.45) is 11.8 Å². The fourth-order valence-electron chi connectivity index (χ4n) is 1.90. The van der Waals surface area contributed by atoms with Gasteiger partial charge in [0.1, 0.15) is 17.3 Å². The van der Waals surface area contributed by atoms with Crippen molar-refractivity contribution < 1.29 is 17.9 Å². The van der Waals surface area contributed by atoms with Gasteiger partial charge in [0.15, 0.2) is 4.67 Å². The maximum Gasteiger partial charge on any atom is 0.247 e. The number of rotatable bonds is 5. The van der Waals surface area contributed by atoms with Crippen molar-refractivity contribution in [3.05, 3.63) is 16.5 Å². The van der Waals surface area contributed by atoms with Crippen LogP contribution in [-0.4, -0.2) is 31.4 Å². The molecule has 0 aromatic carbocycles. The van der Waals surface area contributed by atoms with E-state index in [2.05, 4.69) is 22.9 Å². The quantitative estimate of drug-likeness (QED) is 0.889. The van der Waals surface area contributed by atoms with E-state index in [-0.39, 0.29) is 21.9 Å². The standard InChI is InChI=1S/C11H16BrNO4S/c1-7-3-8(7)5-13(2)18(15,16)10-4-9(6-14)17-11(10)12/h4,7-8,14H,3,5-6H2,1-2H3. The Morgan fingerprint density at radius 2 is 2.22 bits per heavy atom. The van der Waals surface area contributed by atoms with Crippen LogP contribution >= 0.6 is 15.9 Å². The summed E-state index contributed by atoms with van der Waals surface area (Å²) in [5, 5.41) is 8.95. The number of halogens is 1. The predicted octanol–water partition coefficient (Wildman–Crippen LogP) is 1.81. The number of furan rings is 1. The van der Waals surface area contributed by atoms with Gasteiger partial charge in [0.05, 0.1) is 0 Å². The van der Waals surface area contributed by atoms with Gasteiger partial charge < -0.3 is 9.52 Å². The molecule has 1 fully saturated rings. The molecule has 1 saturated carbocycles. The Balaban J connectivity index is 2.20. The van der Waals surface area contributed by atoms with Gasteiger partial charge >= 0.3 is 0 Å². The van der Waals surface area contributed by atoms with Crippen molar-refractivity contribution >= 4 is 26.0 Å². The van der Waals surface area contributed by atoms with Crippen molar-refractivity contribution in [2.45, 2.75) is 24.8 Å². The molecule has 2 rings (SSSR count). The van der Waals surface area contributed by atoms with Gasteiger partial charge in [-0.1, -0.05) is 6.92 Å². The molecule has 18 heavy (non-hydrogen) atoms. The number of aliphatic hydroxyl groups excluding tert-OH is 1. The Labute approximate surface area is 115 Å². The lowest BCUT2D eigenvalue weighted by Crippen LogP contribution is -2.29. The lowest BCUT2D eigenvalue weighted by Gasteiger charge is -2.15. The summed E-state index contributed by atoms with van der Waals surface area (Å²) < 4.78 is 31.2. The summed E-state index contributed by atoms with van der Waals surface area (Å²) in [6.45, 7) is 2.32. The predicted molar refractivity (Wildman–Crippen MR) is 69.4 cm³/mol. The zero-order valence-electron chi connectivity index (χ0n) is 10.3. The highest BCUT2D eigenvalue weighted by atomic mass is 79.9. The topological polar surface area (TPSA) is 70.8 Å². The van der Waals surface area contributed by atoms with Crippen LogP contribution < -0.4 is 0 Å². The summed E-state index contributed by atoms with van der Waals surface area (Å²) in [4.78, 5) is 0.0716. The van der Waals surface area contributed by atoms with Gasteiger partial charge in [-0.25, -0.2) is 12.7 Å². The van der Waals surface area contributed by atoms with Crippen LogP contribution in [0.4, 0.5) is 0 Å². The zero-order chi connectivity index (χ0) is 13.5. The van der Waals surface area contributed by atoms with Crippen LogP contribution in [0.3, 0.4) is 0 Å². The van der Waals surface area contributed by atoms with E-state index in [0.717, 1.165) is 6.42 Å². The summed E-state index contributed by atoms with van der Waals surface area (Å²) in [5.74, 6) is 1.28. The summed E-state index contributed by atoms with van der Waals surface area (Å²) >= 11 is 3.07. The van der Waals surface area contributed by atoms with E-state index in [4.69, 9.17) is 9.52 Å². The fraction of sp³-hybridized carbons (Fsp3) is 0.636. The number of nitrogens with zero attached hydrogens (tertiary/aromatic N) is 1. The Bertz CT molecular complexity index is 539. The molecule has 1 aromatic heterocycles. The summed E-state index contributed by atoms with van der Waals surface area (Å²) in [5.41, 5.74) is 0. The smallest absolute Gasteiger partial charge is 0.247 e. The number of hydrogen-bond donors (Lipinski definition) is 1. The van der Waals surface area contributed by atoms with E-state index in [1.54, 1.807) is 7.05 Å². The van der Waals surface area contributed by atoms with Gasteiger partial charge in [0.2, 0.25) is 10.0 Å². The zero-order valence-corrected chi connectivity index (χ0v) is 12.7. The molecule has 1 aliphatic carbocycles. The molecular formula is C11H16BrNO4S. The monoisotopic (exact) mass is 337 g/mol. The van der Waals surface area contributed by atoms with E-state index in [1.165, 1.54) is 10.4 Å². The lowest BCUT2D eigenvalue weighted by atomic mass is 10.3. The highest BCUT2D eigenvalue weighted by Gasteiger charge is 2.37. The Hall–Kier alpha value is -0.370. The van der Waals surface area contributed by atoms with Gasteiger partial charge in [-0.2, -0.15) is 0 Å². The van der Waals surface area contributed by atoms with Crippen molar-refractivity contribution in [3.63, 3.8) is 0 Å². The third-order valence-electron chi connectivity index (χ3n) is 3.32. The summed E-state index contributed by atoms with van der Waals surface area (Å²) in [6, 6.07) is 1.35. The maximum absolute atomic E-state index is 12.3. The molecule has 1 heterocycles.